The summed E-state index contributed by atoms with van der Waals surface area (Å²) in [6, 6.07) is 0. The van der Waals surface area contributed by atoms with E-state index in [4.69, 9.17) is 4.43 Å². The van der Waals surface area contributed by atoms with Gasteiger partial charge in [-0.05, 0) is 41.8 Å². The lowest BCUT2D eigenvalue weighted by molar-refractivity contribution is -0.135. The summed E-state index contributed by atoms with van der Waals surface area (Å²) in [4.78, 5) is 23.7. The molecule has 0 aromatic carbocycles. The molecule has 0 atom stereocenters. The summed E-state index contributed by atoms with van der Waals surface area (Å²) in [5, 5.41) is 0. The standard InChI is InChI=1S/C21H40O3Si/c1-16(2)25(17(3)4,18(5)6)24-20(23)13-11-10-12-14-21(8,9)15-19(7)22/h12,14,16-18H,10-11,13,15H2,1-9H3/b14-12+. The van der Waals surface area contributed by atoms with Crippen LogP contribution in [0.4, 0.5) is 0 Å². The quantitative estimate of drug-likeness (QED) is 0.239. The minimum atomic E-state index is -2.11. The molecule has 0 spiro atoms. The molecule has 146 valence electrons. The molecular formula is C21H40O3Si. The molecule has 25 heavy (non-hydrogen) atoms. The molecule has 0 saturated carbocycles. The molecule has 0 aliphatic heterocycles. The molecule has 0 aliphatic rings. The van der Waals surface area contributed by atoms with Crippen molar-refractivity contribution < 1.29 is 14.0 Å². The zero-order valence-electron chi connectivity index (χ0n) is 17.9. The highest BCUT2D eigenvalue weighted by molar-refractivity contribution is 6.78. The predicted molar refractivity (Wildman–Crippen MR) is 109 cm³/mol. The Morgan fingerprint density at radius 1 is 1.00 bits per heavy atom. The third kappa shape index (κ3) is 7.89. The Labute approximate surface area is 156 Å². The molecule has 0 aromatic rings. The monoisotopic (exact) mass is 368 g/mol. The van der Waals surface area contributed by atoms with Crippen molar-refractivity contribution in [3.05, 3.63) is 12.2 Å². The van der Waals surface area contributed by atoms with Crippen LogP contribution >= 0.6 is 0 Å². The molecule has 0 aromatic heterocycles. The lowest BCUT2D eigenvalue weighted by atomic mass is 9.87. The van der Waals surface area contributed by atoms with Crippen molar-refractivity contribution in [3.8, 4) is 0 Å². The van der Waals surface area contributed by atoms with Crippen LogP contribution in [0.25, 0.3) is 0 Å². The molecule has 0 saturated heterocycles. The first kappa shape index (κ1) is 24.1. The van der Waals surface area contributed by atoms with Gasteiger partial charge in [-0.3, -0.25) is 9.59 Å². The van der Waals surface area contributed by atoms with Gasteiger partial charge in [-0.15, -0.1) is 0 Å². The highest BCUT2D eigenvalue weighted by Gasteiger charge is 2.47. The molecule has 3 nitrogen and oxygen atoms in total. The number of unbranched alkanes of at least 4 members (excludes halogenated alkanes) is 1. The topological polar surface area (TPSA) is 43.4 Å². The van der Waals surface area contributed by atoms with E-state index in [1.165, 1.54) is 0 Å². The van der Waals surface area contributed by atoms with Crippen molar-refractivity contribution in [3.63, 3.8) is 0 Å². The van der Waals surface area contributed by atoms with Gasteiger partial charge < -0.3 is 4.43 Å². The van der Waals surface area contributed by atoms with Gasteiger partial charge in [0.25, 0.3) is 14.3 Å². The van der Waals surface area contributed by atoms with Gasteiger partial charge >= 0.3 is 0 Å². The Hall–Kier alpha value is -0.903. The van der Waals surface area contributed by atoms with E-state index in [0.29, 0.717) is 29.5 Å². The van der Waals surface area contributed by atoms with Gasteiger partial charge in [0.15, 0.2) is 0 Å². The number of allylic oxidation sites excluding steroid dienone is 2. The van der Waals surface area contributed by atoms with E-state index >= 15 is 0 Å². The van der Waals surface area contributed by atoms with Crippen LogP contribution in [0.1, 0.15) is 88.0 Å². The first-order valence-electron chi connectivity index (χ1n) is 9.74. The lowest BCUT2D eigenvalue weighted by Crippen LogP contribution is -2.49. The van der Waals surface area contributed by atoms with Crippen LogP contribution in [0.3, 0.4) is 0 Å². The second kappa shape index (κ2) is 10.3. The van der Waals surface area contributed by atoms with Crippen molar-refractivity contribution in [2.24, 2.45) is 5.41 Å². The highest BCUT2D eigenvalue weighted by atomic mass is 28.4. The van der Waals surface area contributed by atoms with Gasteiger partial charge in [-0.2, -0.15) is 0 Å². The predicted octanol–water partition coefficient (Wildman–Crippen LogP) is 6.44. The van der Waals surface area contributed by atoms with E-state index in [1.807, 2.05) is 0 Å². The molecule has 0 aliphatic carbocycles. The van der Waals surface area contributed by atoms with Crippen LogP contribution in [-0.4, -0.2) is 20.1 Å². The Balaban J connectivity index is 4.59. The normalized spacial score (nSPS) is 13.3. The molecule has 4 heteroatoms. The van der Waals surface area contributed by atoms with Crippen LogP contribution in [0.2, 0.25) is 16.6 Å². The summed E-state index contributed by atoms with van der Waals surface area (Å²) < 4.78 is 6.15. The number of ketones is 1. The van der Waals surface area contributed by atoms with Gasteiger partial charge in [0.2, 0.25) is 0 Å². The SMILES string of the molecule is CC(=O)CC(C)(C)/C=C/CCCC(=O)O[Si](C(C)C)(C(C)C)C(C)C. The number of rotatable bonds is 11. The maximum Gasteiger partial charge on any atom is 0.292 e. The fraction of sp³-hybridized carbons (Fsp3) is 0.810. The molecule has 0 radical (unpaired) electrons. The van der Waals surface area contributed by atoms with Crippen LogP contribution in [0.15, 0.2) is 12.2 Å². The van der Waals surface area contributed by atoms with Crippen molar-refractivity contribution in [1.82, 2.24) is 0 Å². The van der Waals surface area contributed by atoms with E-state index < -0.39 is 8.32 Å². The van der Waals surface area contributed by atoms with Gasteiger partial charge in [0, 0.05) is 12.8 Å². The highest BCUT2D eigenvalue weighted by Crippen LogP contribution is 2.42. The molecule has 0 N–H and O–H groups in total. The van der Waals surface area contributed by atoms with E-state index in [1.54, 1.807) is 6.92 Å². The number of carbonyl (C=O) groups is 2. The second-order valence-corrected chi connectivity index (χ2v) is 14.3. The van der Waals surface area contributed by atoms with Gasteiger partial charge in [0.05, 0.1) is 0 Å². The summed E-state index contributed by atoms with van der Waals surface area (Å²) in [6.45, 7) is 18.9. The van der Waals surface area contributed by atoms with Crippen LogP contribution in [-0.2, 0) is 14.0 Å². The van der Waals surface area contributed by atoms with Crippen molar-refractivity contribution in [1.29, 1.82) is 0 Å². The summed E-state index contributed by atoms with van der Waals surface area (Å²) >= 11 is 0. The maximum atomic E-state index is 12.4. The molecule has 0 amide bonds. The minimum absolute atomic E-state index is 0.0424. The van der Waals surface area contributed by atoms with Crippen molar-refractivity contribution in [2.45, 2.75) is 105 Å². The van der Waals surface area contributed by atoms with E-state index in [2.05, 4.69) is 67.5 Å². The van der Waals surface area contributed by atoms with E-state index in [-0.39, 0.29) is 17.2 Å². The zero-order valence-corrected chi connectivity index (χ0v) is 18.9. The Bertz CT molecular complexity index is 440. The van der Waals surface area contributed by atoms with E-state index in [0.717, 1.165) is 12.8 Å². The average molecular weight is 369 g/mol. The summed E-state index contributed by atoms with van der Waals surface area (Å²) in [5.41, 5.74) is 1.15. The van der Waals surface area contributed by atoms with Crippen molar-refractivity contribution >= 4 is 20.1 Å². The summed E-state index contributed by atoms with van der Waals surface area (Å²) in [6.07, 6.45) is 6.85. The third-order valence-electron chi connectivity index (χ3n) is 5.02. The van der Waals surface area contributed by atoms with Crippen LogP contribution < -0.4 is 0 Å². The Kier molecular flexibility index (Phi) is 9.92. The fourth-order valence-corrected chi connectivity index (χ4v) is 9.27. The largest absolute Gasteiger partial charge is 0.518 e. The lowest BCUT2D eigenvalue weighted by Gasteiger charge is -2.41. The van der Waals surface area contributed by atoms with Gasteiger partial charge in [-0.1, -0.05) is 67.5 Å². The molecule has 0 bridgehead atoms. The van der Waals surface area contributed by atoms with E-state index in [9.17, 15) is 9.59 Å². The molecule has 0 rings (SSSR count). The van der Waals surface area contributed by atoms with Crippen molar-refractivity contribution in [2.75, 3.05) is 0 Å². The van der Waals surface area contributed by atoms with Crippen LogP contribution in [0.5, 0.6) is 0 Å². The smallest absolute Gasteiger partial charge is 0.292 e. The number of hydrogen-bond acceptors (Lipinski definition) is 3. The summed E-state index contributed by atoms with van der Waals surface area (Å²) in [7, 11) is -2.11. The van der Waals surface area contributed by atoms with Crippen LogP contribution in [0, 0.1) is 5.41 Å². The first-order valence-corrected chi connectivity index (χ1v) is 11.9. The molecule has 0 heterocycles. The Morgan fingerprint density at radius 2 is 1.48 bits per heavy atom. The maximum absolute atomic E-state index is 12.4. The first-order chi connectivity index (χ1) is 11.3. The number of carbonyl (C=O) groups excluding carboxylic acids is 2. The molecular weight excluding hydrogens is 328 g/mol. The fourth-order valence-electron chi connectivity index (χ4n) is 4.07. The number of hydrogen-bond donors (Lipinski definition) is 0. The average Bonchev–Trinajstić information content (AvgIpc) is 2.41. The molecule has 0 unspecified atom stereocenters. The zero-order chi connectivity index (χ0) is 19.8. The minimum Gasteiger partial charge on any atom is -0.518 e. The summed E-state index contributed by atoms with van der Waals surface area (Å²) in [5.74, 6) is 0.162. The number of Topliss-reactive ketones (excluding diaryl/α,β-unsaturated/α-hetero) is 1. The van der Waals surface area contributed by atoms with Gasteiger partial charge in [0.1, 0.15) is 5.78 Å². The second-order valence-electron chi connectivity index (χ2n) is 8.95. The Morgan fingerprint density at radius 3 is 1.88 bits per heavy atom. The third-order valence-corrected chi connectivity index (χ3v) is 11.0. The molecule has 0 fully saturated rings. The van der Waals surface area contributed by atoms with Gasteiger partial charge in [-0.25, -0.2) is 0 Å².